The molecule has 124 valence electrons. The topological polar surface area (TPSA) is 84.7 Å². The summed E-state index contributed by atoms with van der Waals surface area (Å²) in [5.41, 5.74) is 0.799. The Kier molecular flexibility index (Phi) is 4.13. The molecule has 2 aromatic rings. The van der Waals surface area contributed by atoms with E-state index in [1.807, 2.05) is 12.1 Å². The van der Waals surface area contributed by atoms with Crippen molar-refractivity contribution in [2.75, 3.05) is 13.7 Å². The third kappa shape index (κ3) is 2.97. The Morgan fingerprint density at radius 2 is 2.17 bits per heavy atom. The second-order valence-electron chi connectivity index (χ2n) is 5.61. The van der Waals surface area contributed by atoms with Crippen molar-refractivity contribution >= 4 is 10.0 Å². The van der Waals surface area contributed by atoms with Crippen LogP contribution in [0.4, 0.5) is 0 Å². The molecule has 1 fully saturated rings. The minimum absolute atomic E-state index is 0.0686. The second kappa shape index (κ2) is 5.95. The summed E-state index contributed by atoms with van der Waals surface area (Å²) in [7, 11) is -0.492. The number of aliphatic hydroxyl groups is 1. The summed E-state index contributed by atoms with van der Waals surface area (Å²) < 4.78 is 33.7. The van der Waals surface area contributed by atoms with Crippen LogP contribution in [0, 0.1) is 0 Å². The molecule has 2 atom stereocenters. The molecule has 0 unspecified atom stereocenters. The number of aliphatic hydroxyl groups excluding tert-OH is 1. The largest absolute Gasteiger partial charge is 0.497 e. The number of hydrogen-bond donors (Lipinski definition) is 1. The smallest absolute Gasteiger partial charge is 0.246 e. The molecule has 0 aliphatic carbocycles. The SMILES string of the molecule is COc1cccc([C@@H]2C[C@@H](O)CN2S(=O)(=O)c2cnn(C)c2)c1. The van der Waals surface area contributed by atoms with Crippen LogP contribution in [0.5, 0.6) is 5.75 Å². The van der Waals surface area contributed by atoms with Crippen LogP contribution in [0.3, 0.4) is 0 Å². The minimum atomic E-state index is -3.72. The number of rotatable bonds is 4. The Morgan fingerprint density at radius 1 is 1.39 bits per heavy atom. The molecule has 3 rings (SSSR count). The molecule has 0 spiro atoms. The lowest BCUT2D eigenvalue weighted by Gasteiger charge is -2.23. The van der Waals surface area contributed by atoms with Gasteiger partial charge in [0.1, 0.15) is 10.6 Å². The molecule has 1 aromatic heterocycles. The van der Waals surface area contributed by atoms with Gasteiger partial charge in [0.15, 0.2) is 0 Å². The van der Waals surface area contributed by atoms with Gasteiger partial charge in [0.2, 0.25) is 10.0 Å². The molecule has 1 aromatic carbocycles. The number of nitrogens with zero attached hydrogens (tertiary/aromatic N) is 3. The fourth-order valence-corrected chi connectivity index (χ4v) is 4.52. The molecule has 1 N–H and O–H groups in total. The van der Waals surface area contributed by atoms with Crippen molar-refractivity contribution in [2.24, 2.45) is 7.05 Å². The van der Waals surface area contributed by atoms with Crippen molar-refractivity contribution in [2.45, 2.75) is 23.5 Å². The third-order valence-corrected chi connectivity index (χ3v) is 5.83. The summed E-state index contributed by atoms with van der Waals surface area (Å²) in [6, 6.07) is 6.83. The first-order valence-electron chi connectivity index (χ1n) is 7.24. The van der Waals surface area contributed by atoms with Gasteiger partial charge in [-0.3, -0.25) is 4.68 Å². The van der Waals surface area contributed by atoms with E-state index in [9.17, 15) is 13.5 Å². The summed E-state index contributed by atoms with van der Waals surface area (Å²) in [5, 5.41) is 13.9. The average molecular weight is 337 g/mol. The van der Waals surface area contributed by atoms with E-state index >= 15 is 0 Å². The molecule has 0 saturated carbocycles. The highest BCUT2D eigenvalue weighted by molar-refractivity contribution is 7.89. The van der Waals surface area contributed by atoms with Gasteiger partial charge in [-0.1, -0.05) is 12.1 Å². The summed E-state index contributed by atoms with van der Waals surface area (Å²) in [5.74, 6) is 0.655. The number of hydrogen-bond acceptors (Lipinski definition) is 5. The molecular formula is C15H19N3O4S. The molecule has 7 nitrogen and oxygen atoms in total. The van der Waals surface area contributed by atoms with Crippen LogP contribution in [0.15, 0.2) is 41.6 Å². The van der Waals surface area contributed by atoms with Crippen LogP contribution in [-0.2, 0) is 17.1 Å². The number of aromatic nitrogens is 2. The maximum absolute atomic E-state index is 12.9. The molecular weight excluding hydrogens is 318 g/mol. The van der Waals surface area contributed by atoms with Crippen molar-refractivity contribution in [1.82, 2.24) is 14.1 Å². The van der Waals surface area contributed by atoms with E-state index in [2.05, 4.69) is 5.10 Å². The lowest BCUT2D eigenvalue weighted by Crippen LogP contribution is -2.31. The van der Waals surface area contributed by atoms with Crippen LogP contribution in [0.25, 0.3) is 0 Å². The number of methoxy groups -OCH3 is 1. The third-order valence-electron chi connectivity index (χ3n) is 4.00. The van der Waals surface area contributed by atoms with Crippen molar-refractivity contribution in [3.8, 4) is 5.75 Å². The first-order chi connectivity index (χ1) is 10.9. The summed E-state index contributed by atoms with van der Waals surface area (Å²) >= 11 is 0. The van der Waals surface area contributed by atoms with Crippen LogP contribution >= 0.6 is 0 Å². The zero-order valence-electron chi connectivity index (χ0n) is 13.0. The Morgan fingerprint density at radius 3 is 2.83 bits per heavy atom. The summed E-state index contributed by atoms with van der Waals surface area (Å²) in [4.78, 5) is 0.127. The Balaban J connectivity index is 1.99. The maximum atomic E-state index is 12.9. The number of sulfonamides is 1. The fraction of sp³-hybridized carbons (Fsp3) is 0.400. The van der Waals surface area contributed by atoms with Crippen LogP contribution < -0.4 is 4.74 Å². The van der Waals surface area contributed by atoms with Crippen LogP contribution in [-0.4, -0.2) is 47.4 Å². The lowest BCUT2D eigenvalue weighted by molar-refractivity contribution is 0.188. The quantitative estimate of drug-likeness (QED) is 0.897. The Hall–Kier alpha value is -1.90. The van der Waals surface area contributed by atoms with Gasteiger partial charge in [-0.2, -0.15) is 9.40 Å². The van der Waals surface area contributed by atoms with Gasteiger partial charge >= 0.3 is 0 Å². The molecule has 1 aliphatic heterocycles. The normalized spacial score (nSPS) is 22.4. The van der Waals surface area contributed by atoms with E-state index in [4.69, 9.17) is 4.74 Å². The number of benzene rings is 1. The zero-order chi connectivity index (χ0) is 16.6. The van der Waals surface area contributed by atoms with E-state index < -0.39 is 22.2 Å². The highest BCUT2D eigenvalue weighted by Gasteiger charge is 2.41. The number of β-amino-alcohol motifs (C(OH)–C–C–N with tert-alkyl or cyclic N) is 1. The van der Waals surface area contributed by atoms with Gasteiger partial charge in [0.25, 0.3) is 0 Å². The first-order valence-corrected chi connectivity index (χ1v) is 8.68. The molecule has 1 aliphatic rings. The van der Waals surface area contributed by atoms with E-state index in [0.717, 1.165) is 5.56 Å². The molecule has 8 heteroatoms. The standard InChI is InChI=1S/C15H19N3O4S/c1-17-10-14(8-16-17)23(20,21)18-9-12(19)7-15(18)11-4-3-5-13(6-11)22-2/h3-6,8,10,12,15,19H,7,9H2,1-2H3/t12-,15+/m1/s1. The van der Waals surface area contributed by atoms with Gasteiger partial charge in [0, 0.05) is 19.8 Å². The lowest BCUT2D eigenvalue weighted by atomic mass is 10.0. The van der Waals surface area contributed by atoms with Crippen molar-refractivity contribution in [1.29, 1.82) is 0 Å². The fourth-order valence-electron chi connectivity index (χ4n) is 2.87. The van der Waals surface area contributed by atoms with E-state index in [1.165, 1.54) is 21.4 Å². The minimum Gasteiger partial charge on any atom is -0.497 e. The van der Waals surface area contributed by atoms with Crippen LogP contribution in [0.2, 0.25) is 0 Å². The monoisotopic (exact) mass is 337 g/mol. The number of ether oxygens (including phenoxy) is 1. The van der Waals surface area contributed by atoms with E-state index in [0.29, 0.717) is 12.2 Å². The van der Waals surface area contributed by atoms with Gasteiger partial charge in [-0.15, -0.1) is 0 Å². The second-order valence-corrected chi connectivity index (χ2v) is 7.50. The summed E-state index contributed by atoms with van der Waals surface area (Å²) in [6.07, 6.45) is 2.44. The average Bonchev–Trinajstić information content (AvgIpc) is 3.14. The Labute approximate surface area is 135 Å². The van der Waals surface area contributed by atoms with Gasteiger partial charge in [-0.25, -0.2) is 8.42 Å². The first kappa shape index (κ1) is 16.0. The predicted molar refractivity (Wildman–Crippen MR) is 83.5 cm³/mol. The maximum Gasteiger partial charge on any atom is 0.246 e. The molecule has 0 radical (unpaired) electrons. The molecule has 23 heavy (non-hydrogen) atoms. The van der Waals surface area contributed by atoms with Gasteiger partial charge < -0.3 is 9.84 Å². The molecule has 0 amide bonds. The molecule has 2 heterocycles. The van der Waals surface area contributed by atoms with Crippen molar-refractivity contribution in [3.05, 3.63) is 42.2 Å². The highest BCUT2D eigenvalue weighted by atomic mass is 32.2. The highest BCUT2D eigenvalue weighted by Crippen LogP contribution is 2.37. The van der Waals surface area contributed by atoms with Gasteiger partial charge in [-0.05, 0) is 24.1 Å². The van der Waals surface area contributed by atoms with E-state index in [1.54, 1.807) is 26.3 Å². The van der Waals surface area contributed by atoms with Crippen molar-refractivity contribution < 1.29 is 18.3 Å². The van der Waals surface area contributed by atoms with Crippen LogP contribution in [0.1, 0.15) is 18.0 Å². The number of aryl methyl sites for hydroxylation is 1. The molecule has 1 saturated heterocycles. The van der Waals surface area contributed by atoms with Crippen molar-refractivity contribution in [3.63, 3.8) is 0 Å². The predicted octanol–water partition coefficient (Wildman–Crippen LogP) is 0.925. The van der Waals surface area contributed by atoms with Gasteiger partial charge in [0.05, 0.1) is 25.5 Å². The zero-order valence-corrected chi connectivity index (χ0v) is 13.8. The summed E-state index contributed by atoms with van der Waals surface area (Å²) in [6.45, 7) is 0.0686. The van der Waals surface area contributed by atoms with E-state index in [-0.39, 0.29) is 11.4 Å². The Bertz CT molecular complexity index is 803. The molecule has 0 bridgehead atoms.